The molecule has 1 amide bonds. The minimum Gasteiger partial charge on any atom is -0.326 e. The molecule has 0 radical (unpaired) electrons. The van der Waals surface area contributed by atoms with E-state index in [9.17, 15) is 4.79 Å². The van der Waals surface area contributed by atoms with E-state index in [1.165, 1.54) is 5.56 Å². The molecule has 2 rings (SSSR count). The summed E-state index contributed by atoms with van der Waals surface area (Å²) in [4.78, 5) is 14.4. The fourth-order valence-electron chi connectivity index (χ4n) is 2.68. The van der Waals surface area contributed by atoms with Gasteiger partial charge in [-0.05, 0) is 64.4 Å². The highest BCUT2D eigenvalue weighted by molar-refractivity contribution is 5.91. The lowest BCUT2D eigenvalue weighted by Crippen LogP contribution is -2.32. The van der Waals surface area contributed by atoms with Crippen molar-refractivity contribution in [2.75, 3.05) is 25.5 Å². The van der Waals surface area contributed by atoms with E-state index in [0.717, 1.165) is 37.2 Å². The standard InChI is InChI=1S/C16H24N2O/c1-12-4-5-15(13(2)10-12)17-16(19)11-14-6-8-18(3)9-7-14/h4-5,10,14H,6-9,11H2,1-3H3,(H,17,19). The van der Waals surface area contributed by atoms with E-state index in [2.05, 4.69) is 30.3 Å². The van der Waals surface area contributed by atoms with Crippen molar-refractivity contribution < 1.29 is 4.79 Å². The molecule has 1 saturated heterocycles. The van der Waals surface area contributed by atoms with Crippen LogP contribution in [0.2, 0.25) is 0 Å². The predicted octanol–water partition coefficient (Wildman–Crippen LogP) is 2.97. The van der Waals surface area contributed by atoms with Crippen molar-refractivity contribution in [2.24, 2.45) is 5.92 Å². The molecule has 104 valence electrons. The largest absolute Gasteiger partial charge is 0.326 e. The Hall–Kier alpha value is -1.35. The molecule has 0 unspecified atom stereocenters. The van der Waals surface area contributed by atoms with Gasteiger partial charge in [-0.1, -0.05) is 17.7 Å². The molecule has 3 nitrogen and oxygen atoms in total. The van der Waals surface area contributed by atoms with Gasteiger partial charge in [0.15, 0.2) is 0 Å². The smallest absolute Gasteiger partial charge is 0.224 e. The highest BCUT2D eigenvalue weighted by atomic mass is 16.1. The second kappa shape index (κ2) is 6.20. The van der Waals surface area contributed by atoms with Crippen molar-refractivity contribution in [1.29, 1.82) is 0 Å². The highest BCUT2D eigenvalue weighted by Crippen LogP contribution is 2.21. The van der Waals surface area contributed by atoms with Crippen molar-refractivity contribution >= 4 is 11.6 Å². The number of amides is 1. The molecule has 0 bridgehead atoms. The molecule has 3 heteroatoms. The number of nitrogens with zero attached hydrogens (tertiary/aromatic N) is 1. The first-order chi connectivity index (χ1) is 9.04. The van der Waals surface area contributed by atoms with Gasteiger partial charge in [0.05, 0.1) is 0 Å². The van der Waals surface area contributed by atoms with Gasteiger partial charge in [-0.15, -0.1) is 0 Å². The third-order valence-corrected chi connectivity index (χ3v) is 3.97. The SMILES string of the molecule is Cc1ccc(NC(=O)CC2CCN(C)CC2)c(C)c1. The van der Waals surface area contributed by atoms with Crippen LogP contribution >= 0.6 is 0 Å². The Morgan fingerprint density at radius 3 is 2.63 bits per heavy atom. The number of carbonyl (C=O) groups excluding carboxylic acids is 1. The molecule has 1 aliphatic rings. The van der Waals surface area contributed by atoms with Crippen LogP contribution in [0.1, 0.15) is 30.4 Å². The van der Waals surface area contributed by atoms with Crippen molar-refractivity contribution in [3.05, 3.63) is 29.3 Å². The summed E-state index contributed by atoms with van der Waals surface area (Å²) < 4.78 is 0. The molecule has 0 spiro atoms. The summed E-state index contributed by atoms with van der Waals surface area (Å²) in [5.41, 5.74) is 3.31. The van der Waals surface area contributed by atoms with E-state index < -0.39 is 0 Å². The summed E-state index contributed by atoms with van der Waals surface area (Å²) >= 11 is 0. The monoisotopic (exact) mass is 260 g/mol. The van der Waals surface area contributed by atoms with E-state index in [0.29, 0.717) is 12.3 Å². The van der Waals surface area contributed by atoms with Crippen LogP contribution in [0.4, 0.5) is 5.69 Å². The molecule has 1 heterocycles. The second-order valence-electron chi connectivity index (χ2n) is 5.82. The fourth-order valence-corrected chi connectivity index (χ4v) is 2.68. The van der Waals surface area contributed by atoms with Crippen LogP contribution in [0.15, 0.2) is 18.2 Å². The van der Waals surface area contributed by atoms with Gasteiger partial charge in [0.25, 0.3) is 0 Å². The molecule has 19 heavy (non-hydrogen) atoms. The quantitative estimate of drug-likeness (QED) is 0.906. The third kappa shape index (κ3) is 4.06. The number of carbonyl (C=O) groups is 1. The topological polar surface area (TPSA) is 32.3 Å². The fraction of sp³-hybridized carbons (Fsp3) is 0.562. The molecule has 1 aromatic rings. The first-order valence-electron chi connectivity index (χ1n) is 7.10. The number of nitrogens with one attached hydrogen (secondary N) is 1. The van der Waals surface area contributed by atoms with E-state index in [1.54, 1.807) is 0 Å². The van der Waals surface area contributed by atoms with Crippen LogP contribution in [-0.2, 0) is 4.79 Å². The molecular weight excluding hydrogens is 236 g/mol. The van der Waals surface area contributed by atoms with Crippen LogP contribution in [0, 0.1) is 19.8 Å². The summed E-state index contributed by atoms with van der Waals surface area (Å²) in [6.45, 7) is 6.33. The minimum absolute atomic E-state index is 0.154. The first kappa shape index (κ1) is 14.1. The van der Waals surface area contributed by atoms with Gasteiger partial charge in [-0.25, -0.2) is 0 Å². The number of rotatable bonds is 3. The van der Waals surface area contributed by atoms with Crippen LogP contribution < -0.4 is 5.32 Å². The number of benzene rings is 1. The number of hydrogen-bond acceptors (Lipinski definition) is 2. The molecule has 0 aliphatic carbocycles. The number of aryl methyl sites for hydroxylation is 2. The predicted molar refractivity (Wildman–Crippen MR) is 79.4 cm³/mol. The summed E-state index contributed by atoms with van der Waals surface area (Å²) in [5.74, 6) is 0.698. The molecule has 1 N–H and O–H groups in total. The maximum Gasteiger partial charge on any atom is 0.224 e. The molecule has 0 atom stereocenters. The number of anilines is 1. The average Bonchev–Trinajstić information content (AvgIpc) is 2.36. The second-order valence-corrected chi connectivity index (χ2v) is 5.82. The Kier molecular flexibility index (Phi) is 4.59. The average molecular weight is 260 g/mol. The zero-order valence-electron chi connectivity index (χ0n) is 12.2. The maximum absolute atomic E-state index is 12.1. The minimum atomic E-state index is 0.154. The van der Waals surface area contributed by atoms with E-state index >= 15 is 0 Å². The molecule has 1 aliphatic heterocycles. The lowest BCUT2D eigenvalue weighted by atomic mass is 9.93. The van der Waals surface area contributed by atoms with Crippen LogP contribution in [0.25, 0.3) is 0 Å². The van der Waals surface area contributed by atoms with Crippen LogP contribution in [0.5, 0.6) is 0 Å². The summed E-state index contributed by atoms with van der Waals surface area (Å²) in [5, 5.41) is 3.04. The highest BCUT2D eigenvalue weighted by Gasteiger charge is 2.19. The number of hydrogen-bond donors (Lipinski definition) is 1. The molecular formula is C16H24N2O. The lowest BCUT2D eigenvalue weighted by molar-refractivity contribution is -0.117. The summed E-state index contributed by atoms with van der Waals surface area (Å²) in [6, 6.07) is 6.14. The maximum atomic E-state index is 12.1. The van der Waals surface area contributed by atoms with Crippen molar-refractivity contribution in [3.8, 4) is 0 Å². The third-order valence-electron chi connectivity index (χ3n) is 3.97. The Morgan fingerprint density at radius 2 is 2.00 bits per heavy atom. The van der Waals surface area contributed by atoms with Gasteiger partial charge in [-0.2, -0.15) is 0 Å². The molecule has 1 fully saturated rings. The van der Waals surface area contributed by atoms with Gasteiger partial charge in [0, 0.05) is 12.1 Å². The van der Waals surface area contributed by atoms with Crippen molar-refractivity contribution in [2.45, 2.75) is 33.1 Å². The Morgan fingerprint density at radius 1 is 1.32 bits per heavy atom. The van der Waals surface area contributed by atoms with Gasteiger partial charge in [0.2, 0.25) is 5.91 Å². The zero-order valence-corrected chi connectivity index (χ0v) is 12.2. The van der Waals surface area contributed by atoms with E-state index in [-0.39, 0.29) is 5.91 Å². The normalized spacial score (nSPS) is 17.4. The van der Waals surface area contributed by atoms with E-state index in [1.807, 2.05) is 19.1 Å². The number of piperidine rings is 1. The van der Waals surface area contributed by atoms with Crippen LogP contribution in [0.3, 0.4) is 0 Å². The molecule has 0 saturated carbocycles. The molecule has 0 aromatic heterocycles. The number of likely N-dealkylation sites (tertiary alicyclic amines) is 1. The zero-order chi connectivity index (χ0) is 13.8. The van der Waals surface area contributed by atoms with Crippen molar-refractivity contribution in [3.63, 3.8) is 0 Å². The van der Waals surface area contributed by atoms with Crippen molar-refractivity contribution in [1.82, 2.24) is 4.90 Å². The van der Waals surface area contributed by atoms with Gasteiger partial charge >= 0.3 is 0 Å². The first-order valence-corrected chi connectivity index (χ1v) is 7.10. The van der Waals surface area contributed by atoms with Gasteiger partial charge < -0.3 is 10.2 Å². The van der Waals surface area contributed by atoms with Gasteiger partial charge in [-0.3, -0.25) is 4.79 Å². The summed E-state index contributed by atoms with van der Waals surface area (Å²) in [6.07, 6.45) is 2.93. The summed E-state index contributed by atoms with van der Waals surface area (Å²) in [7, 11) is 2.14. The van der Waals surface area contributed by atoms with E-state index in [4.69, 9.17) is 0 Å². The van der Waals surface area contributed by atoms with Gasteiger partial charge in [0.1, 0.15) is 0 Å². The Bertz CT molecular complexity index is 448. The molecule has 1 aromatic carbocycles. The van der Waals surface area contributed by atoms with Crippen LogP contribution in [-0.4, -0.2) is 30.9 Å². The lowest BCUT2D eigenvalue weighted by Gasteiger charge is -2.28. The Balaban J connectivity index is 1.87. The Labute approximate surface area is 116 Å².